The first-order valence-corrected chi connectivity index (χ1v) is 11.5. The fourth-order valence-electron chi connectivity index (χ4n) is 6.16. The number of thioether (sulfide) groups is 1. The maximum Gasteiger partial charge on any atom is 0.293 e. The van der Waals surface area contributed by atoms with Crippen LogP contribution in [0, 0.1) is 29.6 Å². The lowest BCUT2D eigenvalue weighted by Gasteiger charge is -2.53. The molecule has 0 aromatic heterocycles. The van der Waals surface area contributed by atoms with Gasteiger partial charge in [-0.3, -0.25) is 19.3 Å². The van der Waals surface area contributed by atoms with Crippen molar-refractivity contribution in [1.82, 2.24) is 10.2 Å². The minimum Gasteiger partial charge on any atom is -0.354 e. The zero-order valence-corrected chi connectivity index (χ0v) is 17.2. The molecule has 6 rings (SSSR count). The molecule has 1 aromatic rings. The van der Waals surface area contributed by atoms with Crippen molar-refractivity contribution in [1.29, 1.82) is 0 Å². The van der Waals surface area contributed by atoms with Crippen molar-refractivity contribution >= 4 is 34.9 Å². The molecule has 4 saturated carbocycles. The summed E-state index contributed by atoms with van der Waals surface area (Å²) in [5, 5.41) is 2.77. The number of carbonyl (C=O) groups is 3. The maximum atomic E-state index is 12.9. The van der Waals surface area contributed by atoms with Crippen LogP contribution in [0.15, 0.2) is 35.2 Å². The molecule has 1 aliphatic heterocycles. The Morgan fingerprint density at radius 1 is 1.03 bits per heavy atom. The Hall–Kier alpha value is -2.08. The van der Waals surface area contributed by atoms with Crippen molar-refractivity contribution in [2.24, 2.45) is 29.6 Å². The number of hydrogen-bond acceptors (Lipinski definition) is 4. The highest BCUT2D eigenvalue weighted by molar-refractivity contribution is 8.18. The van der Waals surface area contributed by atoms with E-state index in [1.807, 2.05) is 30.3 Å². The van der Waals surface area contributed by atoms with Gasteiger partial charge in [0.1, 0.15) is 0 Å². The molecule has 0 spiro atoms. The van der Waals surface area contributed by atoms with E-state index < -0.39 is 0 Å². The number of nitrogens with one attached hydrogen (secondary N) is 1. The molecule has 152 valence electrons. The van der Waals surface area contributed by atoms with Gasteiger partial charge in [0.2, 0.25) is 5.91 Å². The third-order valence-electron chi connectivity index (χ3n) is 7.14. The fourth-order valence-corrected chi connectivity index (χ4v) is 7.02. The van der Waals surface area contributed by atoms with E-state index in [0.29, 0.717) is 23.3 Å². The number of carbonyl (C=O) groups excluding carboxylic acids is 3. The molecular weight excluding hydrogens is 384 g/mol. The quantitative estimate of drug-likeness (QED) is 0.748. The Balaban J connectivity index is 1.17. The lowest BCUT2D eigenvalue weighted by atomic mass is 9.51. The lowest BCUT2D eigenvalue weighted by Crippen LogP contribution is -2.51. The van der Waals surface area contributed by atoms with Gasteiger partial charge in [0.05, 0.1) is 4.91 Å². The van der Waals surface area contributed by atoms with E-state index in [0.717, 1.165) is 29.2 Å². The molecule has 1 aromatic carbocycles. The number of imide groups is 1. The van der Waals surface area contributed by atoms with Gasteiger partial charge >= 0.3 is 0 Å². The van der Waals surface area contributed by atoms with Crippen molar-refractivity contribution < 1.29 is 14.4 Å². The smallest absolute Gasteiger partial charge is 0.293 e. The molecule has 1 heterocycles. The second-order valence-corrected chi connectivity index (χ2v) is 9.98. The average Bonchev–Trinajstić information content (AvgIpc) is 2.95. The first-order chi connectivity index (χ1) is 14.1. The maximum absolute atomic E-state index is 12.9. The van der Waals surface area contributed by atoms with E-state index in [2.05, 4.69) is 5.32 Å². The predicted octanol–water partition coefficient (Wildman–Crippen LogP) is 3.91. The third-order valence-corrected chi connectivity index (χ3v) is 8.04. The standard InChI is InChI=1S/C23H26N2O3S/c26-21(20-17-9-15-8-16(11-17)12-18(20)10-15)24-6-7-25-22(27)19(29-23(25)28)13-14-4-2-1-3-5-14/h1-5,13,15-18,20H,6-12H2,(H,24,26). The van der Waals surface area contributed by atoms with Gasteiger partial charge < -0.3 is 5.32 Å². The molecule has 0 radical (unpaired) electrons. The molecule has 5 fully saturated rings. The average molecular weight is 411 g/mol. The Morgan fingerprint density at radius 2 is 1.69 bits per heavy atom. The third kappa shape index (κ3) is 3.63. The van der Waals surface area contributed by atoms with Crippen LogP contribution < -0.4 is 5.32 Å². The number of nitrogens with zero attached hydrogens (tertiary/aromatic N) is 1. The van der Waals surface area contributed by atoms with Gasteiger partial charge in [0.25, 0.3) is 11.1 Å². The van der Waals surface area contributed by atoms with E-state index in [1.54, 1.807) is 6.08 Å². The van der Waals surface area contributed by atoms with Crippen molar-refractivity contribution in [3.8, 4) is 0 Å². The van der Waals surface area contributed by atoms with E-state index in [4.69, 9.17) is 0 Å². The second kappa shape index (κ2) is 7.63. The highest BCUT2D eigenvalue weighted by Crippen LogP contribution is 2.56. The Kier molecular flexibility index (Phi) is 4.98. The Morgan fingerprint density at radius 3 is 2.34 bits per heavy atom. The van der Waals surface area contributed by atoms with Crippen LogP contribution >= 0.6 is 11.8 Å². The zero-order valence-electron chi connectivity index (χ0n) is 16.4. The minimum atomic E-state index is -0.271. The van der Waals surface area contributed by atoms with Crippen LogP contribution in [-0.4, -0.2) is 35.0 Å². The van der Waals surface area contributed by atoms with Gasteiger partial charge in [0.15, 0.2) is 0 Å². The van der Waals surface area contributed by atoms with Crippen molar-refractivity contribution in [3.05, 3.63) is 40.8 Å². The van der Waals surface area contributed by atoms with Gasteiger partial charge in [-0.2, -0.15) is 0 Å². The van der Waals surface area contributed by atoms with Crippen LogP contribution in [0.3, 0.4) is 0 Å². The lowest BCUT2D eigenvalue weighted by molar-refractivity contribution is -0.138. The second-order valence-electron chi connectivity index (χ2n) is 8.99. The number of rotatable bonds is 5. The minimum absolute atomic E-state index is 0.130. The van der Waals surface area contributed by atoms with E-state index in [-0.39, 0.29) is 29.5 Å². The zero-order chi connectivity index (χ0) is 20.0. The molecule has 0 unspecified atom stereocenters. The molecule has 4 bridgehead atoms. The summed E-state index contributed by atoms with van der Waals surface area (Å²) >= 11 is 0.968. The number of amides is 3. The van der Waals surface area contributed by atoms with Crippen LogP contribution in [0.1, 0.15) is 37.7 Å². The van der Waals surface area contributed by atoms with Crippen LogP contribution in [0.25, 0.3) is 6.08 Å². The molecule has 3 amide bonds. The van der Waals surface area contributed by atoms with Crippen LogP contribution in [0.4, 0.5) is 4.79 Å². The van der Waals surface area contributed by atoms with Crippen molar-refractivity contribution in [2.45, 2.75) is 32.1 Å². The number of benzene rings is 1. The molecule has 1 N–H and O–H groups in total. The summed E-state index contributed by atoms with van der Waals surface area (Å²) in [6.45, 7) is 0.564. The molecule has 1 saturated heterocycles. The highest BCUT2D eigenvalue weighted by Gasteiger charge is 2.50. The largest absolute Gasteiger partial charge is 0.354 e. The summed E-state index contributed by atoms with van der Waals surface area (Å²) in [6.07, 6.45) is 7.95. The molecule has 5 nitrogen and oxygen atoms in total. The van der Waals surface area contributed by atoms with Gasteiger partial charge in [0, 0.05) is 19.0 Å². The molecule has 0 atom stereocenters. The molecular formula is C23H26N2O3S. The Bertz CT molecular complexity index is 838. The summed E-state index contributed by atoms with van der Waals surface area (Å²) in [5.74, 6) is 2.75. The Labute approximate surface area is 175 Å². The predicted molar refractivity (Wildman–Crippen MR) is 113 cm³/mol. The van der Waals surface area contributed by atoms with Crippen LogP contribution in [0.5, 0.6) is 0 Å². The molecule has 5 aliphatic rings. The van der Waals surface area contributed by atoms with Crippen LogP contribution in [0.2, 0.25) is 0 Å². The van der Waals surface area contributed by atoms with Crippen molar-refractivity contribution in [2.75, 3.05) is 13.1 Å². The van der Waals surface area contributed by atoms with Crippen molar-refractivity contribution in [3.63, 3.8) is 0 Å². The van der Waals surface area contributed by atoms with E-state index >= 15 is 0 Å². The van der Waals surface area contributed by atoms with E-state index in [9.17, 15) is 14.4 Å². The fraction of sp³-hybridized carbons (Fsp3) is 0.522. The topological polar surface area (TPSA) is 66.5 Å². The monoisotopic (exact) mass is 410 g/mol. The summed E-state index contributed by atoms with van der Waals surface area (Å²) in [5.41, 5.74) is 0.896. The van der Waals surface area contributed by atoms with Crippen LogP contribution in [-0.2, 0) is 9.59 Å². The van der Waals surface area contributed by atoms with Gasteiger partial charge in [-0.1, -0.05) is 30.3 Å². The normalized spacial score (nSPS) is 34.3. The van der Waals surface area contributed by atoms with Gasteiger partial charge in [-0.05, 0) is 79.2 Å². The first-order valence-electron chi connectivity index (χ1n) is 10.7. The summed E-state index contributed by atoms with van der Waals surface area (Å²) in [7, 11) is 0. The van der Waals surface area contributed by atoms with Gasteiger partial charge in [-0.25, -0.2) is 0 Å². The van der Waals surface area contributed by atoms with Gasteiger partial charge in [-0.15, -0.1) is 0 Å². The summed E-state index contributed by atoms with van der Waals surface area (Å²) < 4.78 is 0. The number of hydrogen-bond donors (Lipinski definition) is 1. The summed E-state index contributed by atoms with van der Waals surface area (Å²) in [4.78, 5) is 39.4. The van der Waals surface area contributed by atoms with E-state index in [1.165, 1.54) is 37.0 Å². The SMILES string of the molecule is O=C(NCCN1C(=O)SC(=Cc2ccccc2)C1=O)C1C2CC3CC(C2)CC1C3. The molecule has 29 heavy (non-hydrogen) atoms. The highest BCUT2D eigenvalue weighted by atomic mass is 32.2. The molecule has 6 heteroatoms. The first kappa shape index (κ1) is 18.9. The summed E-state index contributed by atoms with van der Waals surface area (Å²) in [6, 6.07) is 9.51. The molecule has 4 aliphatic carbocycles.